The third-order valence-corrected chi connectivity index (χ3v) is 5.67. The summed E-state index contributed by atoms with van der Waals surface area (Å²) in [4.78, 5) is 19.8. The molecule has 0 saturated heterocycles. The van der Waals surface area contributed by atoms with Gasteiger partial charge in [-0.2, -0.15) is 8.78 Å². The molecule has 1 aromatic carbocycles. The van der Waals surface area contributed by atoms with Crippen molar-refractivity contribution in [2.45, 2.75) is 32.5 Å². The first kappa shape index (κ1) is 21.0. The van der Waals surface area contributed by atoms with Gasteiger partial charge in [0.05, 0.1) is 0 Å². The average molecular weight is 423 g/mol. The van der Waals surface area contributed by atoms with Crippen LogP contribution >= 0.6 is 11.3 Å². The Hall–Kier alpha value is -2.68. The van der Waals surface area contributed by atoms with Gasteiger partial charge >= 0.3 is 6.61 Å². The molecular weight excluding hydrogens is 398 g/mol. The molecule has 0 saturated carbocycles. The van der Waals surface area contributed by atoms with Gasteiger partial charge in [-0.25, -0.2) is 0 Å². The Labute approximate surface area is 172 Å². The molecule has 2 aromatic rings. The highest BCUT2D eigenvalue weighted by atomic mass is 32.1. The summed E-state index contributed by atoms with van der Waals surface area (Å²) in [7, 11) is 1.61. The SMILES string of the molecule is CN=C(NCCC(=O)N1CCc2sccc2C1)NCc1ccccc1OC(F)F. The molecule has 0 unspecified atom stereocenters. The molecule has 1 aliphatic heterocycles. The first-order valence-electron chi connectivity index (χ1n) is 9.37. The summed E-state index contributed by atoms with van der Waals surface area (Å²) in [5.41, 5.74) is 1.83. The molecule has 29 heavy (non-hydrogen) atoms. The number of hydrogen-bond donors (Lipinski definition) is 2. The average Bonchev–Trinajstić information content (AvgIpc) is 3.18. The van der Waals surface area contributed by atoms with E-state index in [2.05, 4.69) is 31.8 Å². The van der Waals surface area contributed by atoms with Crippen LogP contribution in [0.1, 0.15) is 22.4 Å². The topological polar surface area (TPSA) is 66.0 Å². The second kappa shape index (κ2) is 10.2. The van der Waals surface area contributed by atoms with Crippen LogP contribution in [0.4, 0.5) is 8.78 Å². The zero-order valence-electron chi connectivity index (χ0n) is 16.2. The number of nitrogens with one attached hydrogen (secondary N) is 2. The van der Waals surface area contributed by atoms with Gasteiger partial charge in [0, 0.05) is 50.1 Å². The summed E-state index contributed by atoms with van der Waals surface area (Å²) in [5.74, 6) is 0.711. The van der Waals surface area contributed by atoms with Gasteiger partial charge in [-0.05, 0) is 29.5 Å². The standard InChI is InChI=1S/C20H24F2N4O2S/c1-23-20(25-12-14-4-2-3-5-16(14)28-19(21)22)24-9-6-18(27)26-10-7-17-15(13-26)8-11-29-17/h2-5,8,11,19H,6-7,9-10,12-13H2,1H3,(H2,23,24,25). The monoisotopic (exact) mass is 422 g/mol. The van der Waals surface area contributed by atoms with Gasteiger partial charge in [-0.15, -0.1) is 11.3 Å². The fraction of sp³-hybridized carbons (Fsp3) is 0.400. The Morgan fingerprint density at radius 1 is 1.31 bits per heavy atom. The fourth-order valence-corrected chi connectivity index (χ4v) is 4.06. The number of para-hydroxylation sites is 1. The minimum Gasteiger partial charge on any atom is -0.434 e. The summed E-state index contributed by atoms with van der Waals surface area (Å²) >= 11 is 1.75. The number of nitrogens with zero attached hydrogens (tertiary/aromatic N) is 2. The summed E-state index contributed by atoms with van der Waals surface area (Å²) in [6.07, 6.45) is 1.26. The van der Waals surface area contributed by atoms with Crippen LogP contribution in [0.15, 0.2) is 40.7 Å². The molecule has 1 aromatic heterocycles. The fourth-order valence-electron chi connectivity index (χ4n) is 3.17. The second-order valence-corrected chi connectivity index (χ2v) is 7.52. The number of aliphatic imine (C=N–C) groups is 1. The molecule has 9 heteroatoms. The highest BCUT2D eigenvalue weighted by molar-refractivity contribution is 7.10. The van der Waals surface area contributed by atoms with E-state index in [9.17, 15) is 13.6 Å². The summed E-state index contributed by atoms with van der Waals surface area (Å²) in [6, 6.07) is 8.67. The van der Waals surface area contributed by atoms with Crippen LogP contribution in [0.5, 0.6) is 5.75 Å². The van der Waals surface area contributed by atoms with Gasteiger partial charge in [0.25, 0.3) is 0 Å². The van der Waals surface area contributed by atoms with Crippen molar-refractivity contribution in [1.29, 1.82) is 0 Å². The highest BCUT2D eigenvalue weighted by Gasteiger charge is 2.21. The van der Waals surface area contributed by atoms with Crippen LogP contribution in [0.3, 0.4) is 0 Å². The van der Waals surface area contributed by atoms with E-state index >= 15 is 0 Å². The van der Waals surface area contributed by atoms with E-state index in [-0.39, 0.29) is 18.2 Å². The minimum atomic E-state index is -2.88. The van der Waals surface area contributed by atoms with Gasteiger partial charge in [0.2, 0.25) is 5.91 Å². The van der Waals surface area contributed by atoms with Gasteiger partial charge in [0.15, 0.2) is 5.96 Å². The lowest BCUT2D eigenvalue weighted by Crippen LogP contribution is -2.40. The molecule has 156 valence electrons. The van der Waals surface area contributed by atoms with Gasteiger partial charge in [-0.3, -0.25) is 9.79 Å². The van der Waals surface area contributed by atoms with E-state index in [0.29, 0.717) is 31.0 Å². The lowest BCUT2D eigenvalue weighted by Gasteiger charge is -2.27. The summed E-state index contributed by atoms with van der Waals surface area (Å²) in [5, 5.41) is 8.21. The van der Waals surface area contributed by atoms with Crippen molar-refractivity contribution in [3.8, 4) is 5.75 Å². The number of hydrogen-bond acceptors (Lipinski definition) is 4. The smallest absolute Gasteiger partial charge is 0.387 e. The molecule has 3 rings (SSSR count). The van der Waals surface area contributed by atoms with Crippen molar-refractivity contribution in [3.63, 3.8) is 0 Å². The van der Waals surface area contributed by atoms with Crippen LogP contribution in [-0.2, 0) is 24.3 Å². The molecule has 1 amide bonds. The lowest BCUT2D eigenvalue weighted by molar-refractivity contribution is -0.131. The molecule has 0 spiro atoms. The van der Waals surface area contributed by atoms with E-state index in [1.165, 1.54) is 16.5 Å². The van der Waals surface area contributed by atoms with Gasteiger partial charge in [-0.1, -0.05) is 18.2 Å². The maximum atomic E-state index is 12.5. The molecule has 0 atom stereocenters. The Balaban J connectivity index is 1.44. The second-order valence-electron chi connectivity index (χ2n) is 6.52. The van der Waals surface area contributed by atoms with Crippen LogP contribution in [0.2, 0.25) is 0 Å². The number of alkyl halides is 2. The van der Waals surface area contributed by atoms with E-state index in [0.717, 1.165) is 13.0 Å². The zero-order chi connectivity index (χ0) is 20.6. The molecular formula is C20H24F2N4O2S. The van der Waals surface area contributed by atoms with Crippen LogP contribution < -0.4 is 15.4 Å². The van der Waals surface area contributed by atoms with Crippen molar-refractivity contribution in [3.05, 3.63) is 51.7 Å². The molecule has 0 bridgehead atoms. The quantitative estimate of drug-likeness (QED) is 0.532. The molecule has 2 N–H and O–H groups in total. The molecule has 0 fully saturated rings. The number of halogens is 2. The molecule has 0 aliphatic carbocycles. The largest absolute Gasteiger partial charge is 0.434 e. The number of ether oxygens (including phenoxy) is 1. The van der Waals surface area contributed by atoms with Crippen LogP contribution in [0, 0.1) is 0 Å². The normalized spacial score (nSPS) is 13.9. The summed E-state index contributed by atoms with van der Waals surface area (Å²) in [6.45, 7) is -0.754. The van der Waals surface area contributed by atoms with Crippen molar-refractivity contribution < 1.29 is 18.3 Å². The van der Waals surface area contributed by atoms with E-state index in [4.69, 9.17) is 0 Å². The third kappa shape index (κ3) is 5.90. The number of benzene rings is 1. The first-order chi connectivity index (χ1) is 14.1. The maximum absolute atomic E-state index is 12.5. The minimum absolute atomic E-state index is 0.0977. The molecule has 1 aliphatic rings. The summed E-state index contributed by atoms with van der Waals surface area (Å²) < 4.78 is 29.5. The number of carbonyl (C=O) groups excluding carboxylic acids is 1. The zero-order valence-corrected chi connectivity index (χ0v) is 17.0. The van der Waals surface area contributed by atoms with Crippen molar-refractivity contribution in [2.75, 3.05) is 20.1 Å². The van der Waals surface area contributed by atoms with E-state index in [1.54, 1.807) is 36.6 Å². The third-order valence-electron chi connectivity index (χ3n) is 4.65. The number of rotatable bonds is 7. The van der Waals surface area contributed by atoms with Crippen molar-refractivity contribution in [1.82, 2.24) is 15.5 Å². The number of carbonyl (C=O) groups is 1. The van der Waals surface area contributed by atoms with Gasteiger partial charge in [0.1, 0.15) is 5.75 Å². The Morgan fingerprint density at radius 3 is 2.93 bits per heavy atom. The Bertz CT molecular complexity index is 857. The molecule has 0 radical (unpaired) electrons. The number of thiophene rings is 1. The lowest BCUT2D eigenvalue weighted by atomic mass is 10.1. The number of fused-ring (bicyclic) bond motifs is 1. The first-order valence-corrected chi connectivity index (χ1v) is 10.2. The predicted molar refractivity (Wildman–Crippen MR) is 109 cm³/mol. The van der Waals surface area contributed by atoms with Crippen molar-refractivity contribution >= 4 is 23.2 Å². The molecule has 6 nitrogen and oxygen atoms in total. The highest BCUT2D eigenvalue weighted by Crippen LogP contribution is 2.24. The van der Waals surface area contributed by atoms with Crippen molar-refractivity contribution in [2.24, 2.45) is 4.99 Å². The van der Waals surface area contributed by atoms with Crippen LogP contribution in [-0.4, -0.2) is 43.5 Å². The Morgan fingerprint density at radius 2 is 2.14 bits per heavy atom. The van der Waals surface area contributed by atoms with Gasteiger partial charge < -0.3 is 20.3 Å². The molecule has 2 heterocycles. The van der Waals surface area contributed by atoms with E-state index in [1.807, 2.05) is 4.90 Å². The number of amides is 1. The predicted octanol–water partition coefficient (Wildman–Crippen LogP) is 2.99. The Kier molecular flexibility index (Phi) is 7.40. The van der Waals surface area contributed by atoms with E-state index < -0.39 is 6.61 Å². The number of guanidine groups is 1. The maximum Gasteiger partial charge on any atom is 0.387 e. The van der Waals surface area contributed by atoms with Crippen LogP contribution in [0.25, 0.3) is 0 Å².